The molecule has 0 saturated heterocycles. The molecule has 0 amide bonds. The Kier molecular flexibility index (Phi) is 4.87. The lowest BCUT2D eigenvalue weighted by Crippen LogP contribution is -2.20. The molecule has 0 fully saturated rings. The van der Waals surface area contributed by atoms with Crippen LogP contribution in [0.4, 0.5) is 5.13 Å². The number of aryl methyl sites for hydroxylation is 3. The molecule has 2 aromatic heterocycles. The van der Waals surface area contributed by atoms with Crippen molar-refractivity contribution in [3.63, 3.8) is 0 Å². The first kappa shape index (κ1) is 20.2. The van der Waals surface area contributed by atoms with Crippen molar-refractivity contribution in [3.05, 3.63) is 93.3 Å². The average Bonchev–Trinajstić information content (AvgIpc) is 3.18. The SMILES string of the molecule is Cc1ccc2nc(N=Cc3c(O)n(-c4ccc(C)c(C)c4)c(=O)c4ccccc34)sc2c1. The number of thiazole rings is 1. The third-order valence-corrected chi connectivity index (χ3v) is 6.62. The predicted octanol–water partition coefficient (Wildman–Crippen LogP) is 5.98. The summed E-state index contributed by atoms with van der Waals surface area (Å²) in [5.74, 6) is -0.141. The fourth-order valence-corrected chi connectivity index (χ4v) is 4.70. The number of benzene rings is 3. The number of rotatable bonds is 3. The van der Waals surface area contributed by atoms with E-state index >= 15 is 0 Å². The molecule has 158 valence electrons. The summed E-state index contributed by atoms with van der Waals surface area (Å²) in [4.78, 5) is 22.4. The van der Waals surface area contributed by atoms with Gasteiger partial charge >= 0.3 is 0 Å². The highest BCUT2D eigenvalue weighted by Crippen LogP contribution is 2.31. The third kappa shape index (κ3) is 3.39. The van der Waals surface area contributed by atoms with Crippen LogP contribution in [0, 0.1) is 20.8 Å². The van der Waals surface area contributed by atoms with Crippen LogP contribution in [0.2, 0.25) is 0 Å². The van der Waals surface area contributed by atoms with Crippen LogP contribution in [-0.4, -0.2) is 20.9 Å². The summed E-state index contributed by atoms with van der Waals surface area (Å²) < 4.78 is 2.41. The first-order valence-electron chi connectivity index (χ1n) is 10.3. The van der Waals surface area contributed by atoms with Crippen molar-refractivity contribution in [2.75, 3.05) is 0 Å². The fraction of sp³-hybridized carbons (Fsp3) is 0.115. The Labute approximate surface area is 189 Å². The van der Waals surface area contributed by atoms with E-state index in [1.165, 1.54) is 21.5 Å². The van der Waals surface area contributed by atoms with E-state index in [-0.39, 0.29) is 11.4 Å². The monoisotopic (exact) mass is 439 g/mol. The zero-order valence-electron chi connectivity index (χ0n) is 18.0. The van der Waals surface area contributed by atoms with Crippen molar-refractivity contribution in [3.8, 4) is 11.6 Å². The quantitative estimate of drug-likeness (QED) is 0.352. The van der Waals surface area contributed by atoms with Crippen molar-refractivity contribution in [2.45, 2.75) is 20.8 Å². The molecule has 3 aromatic carbocycles. The molecule has 0 bridgehead atoms. The predicted molar refractivity (Wildman–Crippen MR) is 132 cm³/mol. The molecule has 32 heavy (non-hydrogen) atoms. The van der Waals surface area contributed by atoms with Gasteiger partial charge in [-0.1, -0.05) is 41.7 Å². The van der Waals surface area contributed by atoms with Gasteiger partial charge in [-0.15, -0.1) is 0 Å². The molecule has 0 aliphatic carbocycles. The molecule has 5 rings (SSSR count). The molecule has 0 aliphatic heterocycles. The van der Waals surface area contributed by atoms with Gasteiger partial charge in [-0.25, -0.2) is 14.5 Å². The van der Waals surface area contributed by atoms with E-state index in [0.29, 0.717) is 27.2 Å². The number of hydrogen-bond acceptors (Lipinski definition) is 5. The molecule has 2 heterocycles. The fourth-order valence-electron chi connectivity index (χ4n) is 3.79. The summed E-state index contributed by atoms with van der Waals surface area (Å²) in [5, 5.41) is 13.0. The minimum Gasteiger partial charge on any atom is -0.494 e. The van der Waals surface area contributed by atoms with Crippen LogP contribution in [0.5, 0.6) is 5.88 Å². The number of aliphatic imine (C=N–C) groups is 1. The maximum Gasteiger partial charge on any atom is 0.265 e. The molecule has 5 nitrogen and oxygen atoms in total. The van der Waals surface area contributed by atoms with Crippen LogP contribution in [-0.2, 0) is 0 Å². The van der Waals surface area contributed by atoms with Gasteiger partial charge in [-0.2, -0.15) is 0 Å². The Hall–Kier alpha value is -3.77. The summed E-state index contributed by atoms with van der Waals surface area (Å²) in [6, 6.07) is 19.0. The molecular formula is C26H21N3O2S. The van der Waals surface area contributed by atoms with E-state index in [4.69, 9.17) is 0 Å². The second kappa shape index (κ2) is 7.73. The van der Waals surface area contributed by atoms with Crippen LogP contribution in [0.15, 0.2) is 70.5 Å². The molecule has 0 atom stereocenters. The van der Waals surface area contributed by atoms with E-state index in [2.05, 4.69) is 16.0 Å². The number of fused-ring (bicyclic) bond motifs is 2. The van der Waals surface area contributed by atoms with E-state index in [9.17, 15) is 9.90 Å². The molecule has 0 spiro atoms. The molecule has 0 radical (unpaired) electrons. The van der Waals surface area contributed by atoms with Gasteiger partial charge in [0.15, 0.2) is 0 Å². The Morgan fingerprint density at radius 2 is 1.75 bits per heavy atom. The molecule has 5 aromatic rings. The van der Waals surface area contributed by atoms with Crippen LogP contribution in [0.25, 0.3) is 26.7 Å². The van der Waals surface area contributed by atoms with Gasteiger partial charge in [0.25, 0.3) is 5.56 Å². The molecule has 0 aliphatic rings. The number of nitrogens with zero attached hydrogens (tertiary/aromatic N) is 3. The van der Waals surface area contributed by atoms with Crippen molar-refractivity contribution in [2.24, 2.45) is 4.99 Å². The van der Waals surface area contributed by atoms with Crippen LogP contribution in [0.1, 0.15) is 22.3 Å². The zero-order valence-corrected chi connectivity index (χ0v) is 18.8. The first-order valence-corrected chi connectivity index (χ1v) is 11.1. The number of aromatic nitrogens is 2. The summed E-state index contributed by atoms with van der Waals surface area (Å²) >= 11 is 1.49. The zero-order chi connectivity index (χ0) is 22.4. The van der Waals surface area contributed by atoms with Gasteiger partial charge < -0.3 is 5.11 Å². The van der Waals surface area contributed by atoms with Gasteiger partial charge in [0.1, 0.15) is 0 Å². The van der Waals surface area contributed by atoms with Gasteiger partial charge in [0.05, 0.1) is 21.5 Å². The third-order valence-electron chi connectivity index (χ3n) is 5.69. The standard InChI is InChI=1S/C26H21N3O2S/c1-15-8-11-22-23(12-15)32-26(28-22)27-14-21-19-6-4-5-7-20(19)24(30)29(25(21)31)18-10-9-16(2)17(3)13-18/h4-14,31H,1-3H3. The molecule has 0 saturated carbocycles. The van der Waals surface area contributed by atoms with Crippen molar-refractivity contribution >= 4 is 43.7 Å². The van der Waals surface area contributed by atoms with Crippen molar-refractivity contribution in [1.82, 2.24) is 9.55 Å². The minimum atomic E-state index is -0.269. The minimum absolute atomic E-state index is 0.141. The summed E-state index contributed by atoms with van der Waals surface area (Å²) in [5.41, 5.74) is 5.05. The maximum absolute atomic E-state index is 13.3. The normalized spacial score (nSPS) is 11.7. The Morgan fingerprint density at radius 3 is 2.53 bits per heavy atom. The highest BCUT2D eigenvalue weighted by atomic mass is 32.1. The summed E-state index contributed by atoms with van der Waals surface area (Å²) in [7, 11) is 0. The largest absolute Gasteiger partial charge is 0.494 e. The summed E-state index contributed by atoms with van der Waals surface area (Å²) in [6.45, 7) is 6.04. The second-order valence-corrected chi connectivity index (χ2v) is 8.93. The lowest BCUT2D eigenvalue weighted by Gasteiger charge is -2.14. The van der Waals surface area contributed by atoms with Crippen LogP contribution < -0.4 is 5.56 Å². The van der Waals surface area contributed by atoms with Crippen molar-refractivity contribution < 1.29 is 5.11 Å². The van der Waals surface area contributed by atoms with Gasteiger partial charge in [-0.05, 0) is 67.8 Å². The lowest BCUT2D eigenvalue weighted by molar-refractivity contribution is 0.436. The number of hydrogen-bond donors (Lipinski definition) is 1. The van der Waals surface area contributed by atoms with E-state index in [1.54, 1.807) is 12.3 Å². The maximum atomic E-state index is 13.3. The van der Waals surface area contributed by atoms with E-state index in [0.717, 1.165) is 21.3 Å². The van der Waals surface area contributed by atoms with E-state index < -0.39 is 0 Å². The molecule has 6 heteroatoms. The molecule has 0 unspecified atom stereocenters. The molecule has 1 N–H and O–H groups in total. The van der Waals surface area contributed by atoms with Gasteiger partial charge in [0.2, 0.25) is 11.0 Å². The van der Waals surface area contributed by atoms with Crippen LogP contribution in [0.3, 0.4) is 0 Å². The smallest absolute Gasteiger partial charge is 0.265 e. The topological polar surface area (TPSA) is 67.5 Å². The Morgan fingerprint density at radius 1 is 0.969 bits per heavy atom. The Bertz CT molecular complexity index is 1590. The highest BCUT2D eigenvalue weighted by molar-refractivity contribution is 7.22. The highest BCUT2D eigenvalue weighted by Gasteiger charge is 2.17. The van der Waals surface area contributed by atoms with Crippen LogP contribution >= 0.6 is 11.3 Å². The average molecular weight is 440 g/mol. The van der Waals surface area contributed by atoms with Gasteiger partial charge in [-0.3, -0.25) is 4.79 Å². The lowest BCUT2D eigenvalue weighted by atomic mass is 10.1. The molecular weight excluding hydrogens is 418 g/mol. The number of aromatic hydroxyl groups is 1. The van der Waals surface area contributed by atoms with E-state index in [1.807, 2.05) is 69.3 Å². The summed E-state index contributed by atoms with van der Waals surface area (Å²) in [6.07, 6.45) is 1.60. The van der Waals surface area contributed by atoms with Gasteiger partial charge in [0, 0.05) is 17.0 Å². The van der Waals surface area contributed by atoms with Crippen molar-refractivity contribution in [1.29, 1.82) is 0 Å². The number of pyridine rings is 1. The first-order chi connectivity index (χ1) is 15.4. The Balaban J connectivity index is 1.71. The second-order valence-electron chi connectivity index (χ2n) is 7.92.